The Bertz CT molecular complexity index is 1120. The van der Waals surface area contributed by atoms with Crippen molar-refractivity contribution >= 4 is 28.4 Å². The van der Waals surface area contributed by atoms with Gasteiger partial charge in [0.15, 0.2) is 0 Å². The maximum atomic E-state index is 13.3. The summed E-state index contributed by atoms with van der Waals surface area (Å²) in [5.41, 5.74) is -0.0654. The first kappa shape index (κ1) is 19.9. The Morgan fingerprint density at radius 3 is 2.67 bits per heavy atom. The third-order valence-corrected chi connectivity index (χ3v) is 4.79. The highest BCUT2D eigenvalue weighted by Crippen LogP contribution is 2.36. The predicted molar refractivity (Wildman–Crippen MR) is 106 cm³/mol. The number of alkyl halides is 3. The predicted octanol–water partition coefficient (Wildman–Crippen LogP) is 4.71. The van der Waals surface area contributed by atoms with Crippen LogP contribution in [0.4, 0.5) is 30.6 Å². The van der Waals surface area contributed by atoms with Gasteiger partial charge >= 0.3 is 6.18 Å². The molecule has 1 aromatic carbocycles. The van der Waals surface area contributed by atoms with Crippen LogP contribution in [0.15, 0.2) is 30.6 Å². The molecule has 0 unspecified atom stereocenters. The fraction of sp³-hybridized carbons (Fsp3) is 0.400. The van der Waals surface area contributed by atoms with Crippen LogP contribution >= 0.6 is 0 Å². The number of hydrogen-bond acceptors (Lipinski definition) is 6. The molecule has 3 aromatic rings. The third kappa shape index (κ3) is 4.15. The molecular weight excluding hydrogens is 395 g/mol. The minimum absolute atomic E-state index is 0.0130. The Balaban J connectivity index is 1.66. The fourth-order valence-electron chi connectivity index (χ4n) is 3.05. The molecule has 0 saturated heterocycles. The van der Waals surface area contributed by atoms with E-state index in [4.69, 9.17) is 0 Å². The Morgan fingerprint density at radius 2 is 2.00 bits per heavy atom. The Morgan fingerprint density at radius 1 is 1.23 bits per heavy atom. The van der Waals surface area contributed by atoms with Crippen LogP contribution in [-0.2, 0) is 12.7 Å². The smallest absolute Gasteiger partial charge is 0.367 e. The lowest BCUT2D eigenvalue weighted by Gasteiger charge is -2.16. The van der Waals surface area contributed by atoms with E-state index in [1.165, 1.54) is 0 Å². The topological polar surface area (TPSA) is 91.5 Å². The van der Waals surface area contributed by atoms with Crippen LogP contribution < -0.4 is 10.6 Å². The number of aromatic nitrogens is 4. The standard InChI is InChI=1S/C20H20F3N7/c1-19(2,10-24)11-30-16-5-3-4-15(13(16)8-26-30)28-18-25-9-14(20(21,22)23)17(29-18)27-12-6-7-12/h3-5,8-9,12H,6-7,11H2,1-2H3,(H2,25,27,28,29). The second kappa shape index (κ2) is 7.16. The molecule has 4 rings (SSSR count). The molecule has 0 bridgehead atoms. The van der Waals surface area contributed by atoms with E-state index in [-0.39, 0.29) is 17.8 Å². The van der Waals surface area contributed by atoms with Crippen LogP contribution in [0.2, 0.25) is 0 Å². The highest BCUT2D eigenvalue weighted by atomic mass is 19.4. The van der Waals surface area contributed by atoms with E-state index < -0.39 is 17.2 Å². The molecule has 2 heterocycles. The molecule has 0 spiro atoms. The van der Waals surface area contributed by atoms with Crippen molar-refractivity contribution in [2.24, 2.45) is 5.41 Å². The number of fused-ring (bicyclic) bond motifs is 1. The summed E-state index contributed by atoms with van der Waals surface area (Å²) in [6, 6.07) is 7.71. The number of anilines is 3. The lowest BCUT2D eigenvalue weighted by atomic mass is 9.96. The van der Waals surface area contributed by atoms with Crippen molar-refractivity contribution in [3.63, 3.8) is 0 Å². The molecule has 30 heavy (non-hydrogen) atoms. The molecule has 156 valence electrons. The first-order valence-electron chi connectivity index (χ1n) is 9.50. The van der Waals surface area contributed by atoms with E-state index in [1.54, 1.807) is 23.0 Å². The number of nitrogens with one attached hydrogen (secondary N) is 2. The van der Waals surface area contributed by atoms with Crippen LogP contribution in [0.3, 0.4) is 0 Å². The fourth-order valence-corrected chi connectivity index (χ4v) is 3.05. The summed E-state index contributed by atoms with van der Waals surface area (Å²) in [6.45, 7) is 4.06. The van der Waals surface area contributed by atoms with Gasteiger partial charge in [-0.05, 0) is 38.8 Å². The van der Waals surface area contributed by atoms with Crippen molar-refractivity contribution in [2.75, 3.05) is 10.6 Å². The number of nitriles is 1. The molecular formula is C20H20F3N7. The summed E-state index contributed by atoms with van der Waals surface area (Å²) in [5, 5.41) is 20.2. The van der Waals surface area contributed by atoms with E-state index in [2.05, 4.69) is 31.8 Å². The molecule has 1 aliphatic rings. The second-order valence-corrected chi connectivity index (χ2v) is 8.03. The van der Waals surface area contributed by atoms with Crippen LogP contribution in [0.1, 0.15) is 32.3 Å². The minimum Gasteiger partial charge on any atom is -0.367 e. The summed E-state index contributed by atoms with van der Waals surface area (Å²) < 4.78 is 41.6. The van der Waals surface area contributed by atoms with Gasteiger partial charge in [0.05, 0.1) is 35.4 Å². The highest BCUT2D eigenvalue weighted by molar-refractivity contribution is 5.92. The largest absolute Gasteiger partial charge is 0.421 e. The highest BCUT2D eigenvalue weighted by Gasteiger charge is 2.37. The van der Waals surface area contributed by atoms with Crippen LogP contribution in [-0.4, -0.2) is 25.8 Å². The third-order valence-electron chi connectivity index (χ3n) is 4.79. The quantitative estimate of drug-likeness (QED) is 0.606. The molecule has 0 aliphatic heterocycles. The van der Waals surface area contributed by atoms with Crippen LogP contribution in [0.25, 0.3) is 10.9 Å². The summed E-state index contributed by atoms with van der Waals surface area (Å²) in [5.74, 6) is -0.162. The Kier molecular flexibility index (Phi) is 4.76. The molecule has 1 aliphatic carbocycles. The van der Waals surface area contributed by atoms with Gasteiger partial charge in [-0.1, -0.05) is 6.07 Å². The molecule has 0 atom stereocenters. The maximum Gasteiger partial charge on any atom is 0.421 e. The lowest BCUT2D eigenvalue weighted by molar-refractivity contribution is -0.137. The average molecular weight is 415 g/mol. The summed E-state index contributed by atoms with van der Waals surface area (Å²) >= 11 is 0. The summed E-state index contributed by atoms with van der Waals surface area (Å²) in [4.78, 5) is 7.94. The van der Waals surface area contributed by atoms with E-state index in [9.17, 15) is 18.4 Å². The number of benzene rings is 1. The maximum absolute atomic E-state index is 13.3. The van der Waals surface area contributed by atoms with E-state index in [1.807, 2.05) is 19.9 Å². The molecule has 1 saturated carbocycles. The van der Waals surface area contributed by atoms with Gasteiger partial charge in [-0.15, -0.1) is 0 Å². The van der Waals surface area contributed by atoms with Crippen LogP contribution in [0.5, 0.6) is 0 Å². The minimum atomic E-state index is -4.54. The summed E-state index contributed by atoms with van der Waals surface area (Å²) in [6.07, 6.45) is -0.453. The van der Waals surface area contributed by atoms with E-state index in [0.717, 1.165) is 29.9 Å². The zero-order chi connectivity index (χ0) is 21.5. The first-order valence-corrected chi connectivity index (χ1v) is 9.50. The van der Waals surface area contributed by atoms with Crippen molar-refractivity contribution < 1.29 is 13.2 Å². The SMILES string of the molecule is CC(C)(C#N)Cn1ncc2c(Nc3ncc(C(F)(F)F)c(NC4CC4)n3)cccc21. The molecule has 2 aromatic heterocycles. The Hall–Kier alpha value is -3.35. The lowest BCUT2D eigenvalue weighted by Crippen LogP contribution is -2.18. The van der Waals surface area contributed by atoms with E-state index >= 15 is 0 Å². The average Bonchev–Trinajstić information content (AvgIpc) is 3.40. The molecule has 0 amide bonds. The normalized spacial score (nSPS) is 14.5. The van der Waals surface area contributed by atoms with E-state index in [0.29, 0.717) is 12.2 Å². The number of nitrogens with zero attached hydrogens (tertiary/aromatic N) is 5. The van der Waals surface area contributed by atoms with Crippen molar-refractivity contribution in [2.45, 2.75) is 45.5 Å². The van der Waals surface area contributed by atoms with Gasteiger partial charge in [0.25, 0.3) is 0 Å². The molecule has 1 fully saturated rings. The second-order valence-electron chi connectivity index (χ2n) is 8.03. The monoisotopic (exact) mass is 415 g/mol. The van der Waals surface area contributed by atoms with Gasteiger partial charge in [-0.25, -0.2) is 4.98 Å². The molecule has 7 nitrogen and oxygen atoms in total. The van der Waals surface area contributed by atoms with Crippen molar-refractivity contribution in [3.05, 3.63) is 36.2 Å². The van der Waals surface area contributed by atoms with Crippen molar-refractivity contribution in [1.29, 1.82) is 5.26 Å². The number of halogens is 3. The van der Waals surface area contributed by atoms with Gasteiger partial charge in [0, 0.05) is 17.6 Å². The van der Waals surface area contributed by atoms with Crippen LogP contribution in [0, 0.1) is 16.7 Å². The summed E-state index contributed by atoms with van der Waals surface area (Å²) in [7, 11) is 0. The van der Waals surface area contributed by atoms with Gasteiger partial charge in [0.1, 0.15) is 11.4 Å². The van der Waals surface area contributed by atoms with Gasteiger partial charge in [-0.3, -0.25) is 4.68 Å². The molecule has 10 heteroatoms. The zero-order valence-corrected chi connectivity index (χ0v) is 16.5. The Labute approximate surface area is 170 Å². The van der Waals surface area contributed by atoms with Crippen molar-refractivity contribution in [1.82, 2.24) is 19.7 Å². The molecule has 0 radical (unpaired) electrons. The first-order chi connectivity index (χ1) is 14.2. The van der Waals surface area contributed by atoms with Gasteiger partial charge < -0.3 is 10.6 Å². The van der Waals surface area contributed by atoms with Gasteiger partial charge in [0.2, 0.25) is 5.95 Å². The zero-order valence-electron chi connectivity index (χ0n) is 16.5. The number of rotatable bonds is 6. The van der Waals surface area contributed by atoms with Crippen molar-refractivity contribution in [3.8, 4) is 6.07 Å². The van der Waals surface area contributed by atoms with Gasteiger partial charge in [-0.2, -0.15) is 28.5 Å². The molecule has 2 N–H and O–H groups in total. The number of hydrogen-bond donors (Lipinski definition) is 2.